The molecule has 2 N–H and O–H groups in total. The molecule has 0 saturated carbocycles. The molecule has 82 valence electrons. The van der Waals surface area contributed by atoms with Gasteiger partial charge in [-0.25, -0.2) is 0 Å². The molecule has 0 aromatic heterocycles. The van der Waals surface area contributed by atoms with Gasteiger partial charge in [-0.1, -0.05) is 30.3 Å². The van der Waals surface area contributed by atoms with Crippen LogP contribution in [0.4, 0.5) is 5.69 Å². The molecule has 2 rings (SSSR count). The van der Waals surface area contributed by atoms with Gasteiger partial charge in [0.2, 0.25) is 0 Å². The summed E-state index contributed by atoms with van der Waals surface area (Å²) in [6, 6.07) is 15.7. The van der Waals surface area contributed by atoms with E-state index in [1.807, 2.05) is 55.5 Å². The van der Waals surface area contributed by atoms with Crippen molar-refractivity contribution in [3.05, 3.63) is 59.7 Å². The highest BCUT2D eigenvalue weighted by molar-refractivity contribution is 5.49. The predicted octanol–water partition coefficient (Wildman–Crippen LogP) is 3.16. The third-order valence-corrected chi connectivity index (χ3v) is 2.63. The van der Waals surface area contributed by atoms with Crippen molar-refractivity contribution in [3.63, 3.8) is 0 Å². The quantitative estimate of drug-likeness (QED) is 0.795. The second kappa shape index (κ2) is 4.71. The Balaban J connectivity index is 2.08. The Morgan fingerprint density at radius 3 is 2.50 bits per heavy atom. The number of hydrogen-bond acceptors (Lipinski definition) is 2. The summed E-state index contributed by atoms with van der Waals surface area (Å²) in [4.78, 5) is 0. The average molecular weight is 213 g/mol. The first-order valence-electron chi connectivity index (χ1n) is 5.29. The van der Waals surface area contributed by atoms with Crippen LogP contribution in [-0.2, 0) is 6.61 Å². The first kappa shape index (κ1) is 10.6. The number of benzene rings is 2. The van der Waals surface area contributed by atoms with Crippen LogP contribution in [0.25, 0.3) is 0 Å². The molecule has 0 bridgehead atoms. The Kier molecular flexibility index (Phi) is 3.10. The van der Waals surface area contributed by atoms with E-state index in [-0.39, 0.29) is 0 Å². The lowest BCUT2D eigenvalue weighted by Crippen LogP contribution is -2.00. The van der Waals surface area contributed by atoms with E-state index in [2.05, 4.69) is 0 Å². The zero-order valence-electron chi connectivity index (χ0n) is 9.31. The summed E-state index contributed by atoms with van der Waals surface area (Å²) in [6.07, 6.45) is 0. The first-order chi connectivity index (χ1) is 7.77. The summed E-state index contributed by atoms with van der Waals surface area (Å²) >= 11 is 0. The third kappa shape index (κ3) is 2.34. The lowest BCUT2D eigenvalue weighted by molar-refractivity contribution is 0.305. The molecule has 0 aliphatic heterocycles. The van der Waals surface area contributed by atoms with Crippen molar-refractivity contribution in [2.45, 2.75) is 13.5 Å². The second-order valence-corrected chi connectivity index (χ2v) is 3.73. The fourth-order valence-corrected chi connectivity index (χ4v) is 1.54. The number of rotatable bonds is 3. The van der Waals surface area contributed by atoms with Crippen molar-refractivity contribution in [1.82, 2.24) is 0 Å². The zero-order chi connectivity index (χ0) is 11.4. The largest absolute Gasteiger partial charge is 0.489 e. The Morgan fingerprint density at radius 2 is 1.75 bits per heavy atom. The third-order valence-electron chi connectivity index (χ3n) is 2.63. The normalized spacial score (nSPS) is 10.1. The maximum absolute atomic E-state index is 5.83. The van der Waals surface area contributed by atoms with Gasteiger partial charge in [-0.2, -0.15) is 0 Å². The average Bonchev–Trinajstić information content (AvgIpc) is 2.32. The van der Waals surface area contributed by atoms with E-state index in [0.29, 0.717) is 6.61 Å². The second-order valence-electron chi connectivity index (χ2n) is 3.73. The molecule has 0 heterocycles. The minimum Gasteiger partial charge on any atom is -0.489 e. The molecule has 0 amide bonds. The number of nitrogen functional groups attached to an aromatic ring is 1. The molecule has 0 aliphatic rings. The van der Waals surface area contributed by atoms with Crippen molar-refractivity contribution in [2.24, 2.45) is 0 Å². The van der Waals surface area contributed by atoms with Crippen LogP contribution < -0.4 is 10.5 Å². The molecular formula is C14H15NO. The lowest BCUT2D eigenvalue weighted by atomic mass is 10.1. The van der Waals surface area contributed by atoms with Gasteiger partial charge in [0.25, 0.3) is 0 Å². The Labute approximate surface area is 95.7 Å². The van der Waals surface area contributed by atoms with Crippen LogP contribution in [0.3, 0.4) is 0 Å². The molecule has 0 atom stereocenters. The number of ether oxygens (including phenoxy) is 1. The molecule has 0 spiro atoms. The van der Waals surface area contributed by atoms with Gasteiger partial charge in [-0.15, -0.1) is 0 Å². The summed E-state index contributed by atoms with van der Waals surface area (Å²) in [7, 11) is 0. The monoisotopic (exact) mass is 213 g/mol. The number of nitrogens with two attached hydrogens (primary N) is 1. The zero-order valence-corrected chi connectivity index (χ0v) is 9.31. The van der Waals surface area contributed by atoms with Crippen molar-refractivity contribution in [1.29, 1.82) is 0 Å². The summed E-state index contributed by atoms with van der Waals surface area (Å²) in [5, 5.41) is 0. The highest BCUT2D eigenvalue weighted by Crippen LogP contribution is 2.18. The minimum atomic E-state index is 0.556. The predicted molar refractivity (Wildman–Crippen MR) is 66.4 cm³/mol. The highest BCUT2D eigenvalue weighted by atomic mass is 16.5. The summed E-state index contributed by atoms with van der Waals surface area (Å²) in [5.74, 6) is 0.879. The molecule has 0 fully saturated rings. The van der Waals surface area contributed by atoms with Gasteiger partial charge < -0.3 is 10.5 Å². The van der Waals surface area contributed by atoms with Crippen LogP contribution in [0.15, 0.2) is 48.5 Å². The fraction of sp³-hybridized carbons (Fsp3) is 0.143. The van der Waals surface area contributed by atoms with Gasteiger partial charge >= 0.3 is 0 Å². The van der Waals surface area contributed by atoms with Gasteiger partial charge in [-0.3, -0.25) is 0 Å². The standard InChI is InChI=1S/C14H15NO/c1-11-12(6-5-9-14(11)15)10-16-13-7-3-2-4-8-13/h2-9H,10,15H2,1H3. The molecule has 0 radical (unpaired) electrons. The molecule has 2 aromatic rings. The van der Waals surface area contributed by atoms with Gasteiger partial charge in [0.15, 0.2) is 0 Å². The highest BCUT2D eigenvalue weighted by Gasteiger charge is 2.01. The van der Waals surface area contributed by atoms with Gasteiger partial charge in [0.05, 0.1) is 0 Å². The van der Waals surface area contributed by atoms with Gasteiger partial charge in [0.1, 0.15) is 12.4 Å². The molecule has 0 aliphatic carbocycles. The molecule has 0 saturated heterocycles. The van der Waals surface area contributed by atoms with Crippen LogP contribution in [0.1, 0.15) is 11.1 Å². The first-order valence-corrected chi connectivity index (χ1v) is 5.29. The van der Waals surface area contributed by atoms with Crippen LogP contribution in [-0.4, -0.2) is 0 Å². The van der Waals surface area contributed by atoms with E-state index in [4.69, 9.17) is 10.5 Å². The summed E-state index contributed by atoms with van der Waals surface area (Å²) in [5.41, 5.74) is 8.87. The van der Waals surface area contributed by atoms with Crippen molar-refractivity contribution >= 4 is 5.69 Å². The number of anilines is 1. The maximum Gasteiger partial charge on any atom is 0.119 e. The van der Waals surface area contributed by atoms with Crippen LogP contribution in [0.5, 0.6) is 5.75 Å². The van der Waals surface area contributed by atoms with Crippen molar-refractivity contribution in [3.8, 4) is 5.75 Å². The van der Waals surface area contributed by atoms with Gasteiger partial charge in [-0.05, 0) is 36.2 Å². The Morgan fingerprint density at radius 1 is 1.00 bits per heavy atom. The maximum atomic E-state index is 5.83. The molecule has 0 unspecified atom stereocenters. The minimum absolute atomic E-state index is 0.556. The van der Waals surface area contributed by atoms with E-state index in [9.17, 15) is 0 Å². The smallest absolute Gasteiger partial charge is 0.119 e. The Bertz CT molecular complexity index is 465. The molecule has 16 heavy (non-hydrogen) atoms. The topological polar surface area (TPSA) is 35.2 Å². The van der Waals surface area contributed by atoms with Crippen LogP contribution in [0, 0.1) is 6.92 Å². The van der Waals surface area contributed by atoms with Gasteiger partial charge in [0, 0.05) is 5.69 Å². The van der Waals surface area contributed by atoms with Crippen LogP contribution in [0.2, 0.25) is 0 Å². The van der Waals surface area contributed by atoms with Crippen molar-refractivity contribution in [2.75, 3.05) is 5.73 Å². The summed E-state index contributed by atoms with van der Waals surface area (Å²) < 4.78 is 5.67. The van der Waals surface area contributed by atoms with E-state index < -0.39 is 0 Å². The summed E-state index contributed by atoms with van der Waals surface area (Å²) in [6.45, 7) is 2.57. The SMILES string of the molecule is Cc1c(N)cccc1COc1ccccc1. The molecular weight excluding hydrogens is 198 g/mol. The number of hydrogen-bond donors (Lipinski definition) is 1. The van der Waals surface area contributed by atoms with E-state index >= 15 is 0 Å². The fourth-order valence-electron chi connectivity index (χ4n) is 1.54. The number of para-hydroxylation sites is 1. The molecule has 2 nitrogen and oxygen atoms in total. The van der Waals surface area contributed by atoms with Crippen LogP contribution >= 0.6 is 0 Å². The van der Waals surface area contributed by atoms with Crippen molar-refractivity contribution < 1.29 is 4.74 Å². The van der Waals surface area contributed by atoms with E-state index in [1.54, 1.807) is 0 Å². The lowest BCUT2D eigenvalue weighted by Gasteiger charge is -2.10. The Hall–Kier alpha value is -1.96. The van der Waals surface area contributed by atoms with E-state index in [0.717, 1.165) is 22.6 Å². The molecule has 2 aromatic carbocycles. The molecule has 2 heteroatoms. The van der Waals surface area contributed by atoms with E-state index in [1.165, 1.54) is 0 Å².